The molecule has 3 aromatic rings. The molecule has 1 aromatic heterocycles. The van der Waals surface area contributed by atoms with E-state index in [1.54, 1.807) is 0 Å². The molecule has 10 nitrogen and oxygen atoms in total. The largest absolute Gasteiger partial charge is 0.508 e. The zero-order chi connectivity index (χ0) is 22.9. The van der Waals surface area contributed by atoms with Gasteiger partial charge in [-0.2, -0.15) is 0 Å². The predicted molar refractivity (Wildman–Crippen MR) is 112 cm³/mol. The minimum Gasteiger partial charge on any atom is -0.508 e. The van der Waals surface area contributed by atoms with Crippen LogP contribution in [0.25, 0.3) is 22.3 Å². The van der Waals surface area contributed by atoms with Crippen molar-refractivity contribution in [3.63, 3.8) is 0 Å². The van der Waals surface area contributed by atoms with Gasteiger partial charge >= 0.3 is 5.97 Å². The number of aromatic hydroxyl groups is 4. The van der Waals surface area contributed by atoms with E-state index in [2.05, 4.69) is 0 Å². The fourth-order valence-electron chi connectivity index (χ4n) is 2.80. The Bertz CT molecular complexity index is 1250. The number of phenols is 4. The van der Waals surface area contributed by atoms with E-state index < -0.39 is 51.2 Å². The van der Waals surface area contributed by atoms with Crippen molar-refractivity contribution < 1.29 is 38.6 Å². The van der Waals surface area contributed by atoms with Crippen molar-refractivity contribution in [2.45, 2.75) is 12.5 Å². The van der Waals surface area contributed by atoms with Crippen LogP contribution in [0.2, 0.25) is 0 Å². The van der Waals surface area contributed by atoms with Gasteiger partial charge in [0.2, 0.25) is 11.2 Å². The standard InChI is InChI=1S/C20H19NO9S/c1-31(28)5-4-11(21)20(27)30-19-17(26)16-14(25)7-10(22)8-15(16)29-18(19)9-2-3-12(23)13(24)6-9/h2-3,6-8,11,22-25H,4-5,21H2,1H3/t11-,31?/m0/s1. The normalized spacial score (nSPS) is 13.1. The topological polar surface area (TPSA) is 181 Å². The Kier molecular flexibility index (Phi) is 6.18. The van der Waals surface area contributed by atoms with Gasteiger partial charge in [-0.3, -0.25) is 9.00 Å². The highest BCUT2D eigenvalue weighted by Gasteiger charge is 2.25. The van der Waals surface area contributed by atoms with Gasteiger partial charge in [0.05, 0.1) is 0 Å². The number of esters is 1. The second kappa shape index (κ2) is 8.66. The number of carbonyl (C=O) groups excluding carboxylic acids is 1. The Morgan fingerprint density at radius 3 is 2.48 bits per heavy atom. The van der Waals surface area contributed by atoms with E-state index in [-0.39, 0.29) is 40.2 Å². The molecule has 11 heteroatoms. The maximum Gasteiger partial charge on any atom is 0.328 e. The molecule has 6 N–H and O–H groups in total. The van der Waals surface area contributed by atoms with Gasteiger partial charge in [-0.05, 0) is 24.6 Å². The molecule has 0 fully saturated rings. The summed E-state index contributed by atoms with van der Waals surface area (Å²) in [6.07, 6.45) is 1.49. The molecule has 0 aliphatic heterocycles. The highest BCUT2D eigenvalue weighted by molar-refractivity contribution is 7.84. The number of hydrogen-bond acceptors (Lipinski definition) is 10. The minimum atomic E-state index is -1.19. The fourth-order valence-corrected chi connectivity index (χ4v) is 3.39. The molecule has 1 heterocycles. The fraction of sp³-hybridized carbons (Fsp3) is 0.200. The van der Waals surface area contributed by atoms with Crippen LogP contribution in [0.15, 0.2) is 39.5 Å². The molecule has 2 atom stereocenters. The lowest BCUT2D eigenvalue weighted by atomic mass is 10.1. The first-order chi connectivity index (χ1) is 14.6. The Balaban J connectivity index is 2.18. The second-order valence-corrected chi connectivity index (χ2v) is 8.28. The second-order valence-electron chi connectivity index (χ2n) is 6.72. The van der Waals surface area contributed by atoms with Crippen molar-refractivity contribution in [2.75, 3.05) is 12.0 Å². The van der Waals surface area contributed by atoms with Crippen LogP contribution in [0.5, 0.6) is 28.7 Å². The Labute approximate surface area is 177 Å². The summed E-state index contributed by atoms with van der Waals surface area (Å²) in [5, 5.41) is 38.8. The van der Waals surface area contributed by atoms with Gasteiger partial charge in [0.1, 0.15) is 28.5 Å². The van der Waals surface area contributed by atoms with Gasteiger partial charge in [-0.25, -0.2) is 4.79 Å². The molecule has 0 saturated heterocycles. The van der Waals surface area contributed by atoms with E-state index in [1.807, 2.05) is 0 Å². The van der Waals surface area contributed by atoms with Crippen LogP contribution in [-0.2, 0) is 15.6 Å². The molecule has 2 aromatic carbocycles. The third kappa shape index (κ3) is 4.62. The maximum atomic E-state index is 13.1. The summed E-state index contributed by atoms with van der Waals surface area (Å²) in [5.74, 6) is -3.73. The zero-order valence-corrected chi connectivity index (χ0v) is 17.0. The maximum absolute atomic E-state index is 13.1. The van der Waals surface area contributed by atoms with E-state index in [1.165, 1.54) is 12.3 Å². The average Bonchev–Trinajstić information content (AvgIpc) is 2.69. The van der Waals surface area contributed by atoms with Crippen molar-refractivity contribution in [1.29, 1.82) is 0 Å². The van der Waals surface area contributed by atoms with E-state index in [4.69, 9.17) is 14.9 Å². The molecule has 31 heavy (non-hydrogen) atoms. The van der Waals surface area contributed by atoms with E-state index in [0.29, 0.717) is 0 Å². The highest BCUT2D eigenvalue weighted by atomic mass is 32.2. The van der Waals surface area contributed by atoms with Gasteiger partial charge in [0.25, 0.3) is 0 Å². The molecule has 3 rings (SSSR count). The number of hydrogen-bond donors (Lipinski definition) is 5. The molecule has 0 saturated carbocycles. The number of carbonyl (C=O) groups is 1. The summed E-state index contributed by atoms with van der Waals surface area (Å²) >= 11 is 0. The van der Waals surface area contributed by atoms with Gasteiger partial charge in [0.15, 0.2) is 17.3 Å². The molecule has 0 aliphatic rings. The number of rotatable bonds is 6. The van der Waals surface area contributed by atoms with Crippen LogP contribution in [0.3, 0.4) is 0 Å². The lowest BCUT2D eigenvalue weighted by Crippen LogP contribution is -2.36. The zero-order valence-electron chi connectivity index (χ0n) is 16.2. The van der Waals surface area contributed by atoms with Crippen LogP contribution >= 0.6 is 0 Å². The third-order valence-corrected chi connectivity index (χ3v) is 5.19. The number of phenolic OH excluding ortho intramolecular Hbond substituents is 4. The predicted octanol–water partition coefficient (Wildman–Crippen LogP) is 1.28. The number of ether oxygens (including phenoxy) is 1. The minimum absolute atomic E-state index is 0.0370. The number of fused-ring (bicyclic) bond motifs is 1. The molecule has 0 aliphatic carbocycles. The van der Waals surface area contributed by atoms with E-state index in [0.717, 1.165) is 24.3 Å². The number of benzene rings is 2. The van der Waals surface area contributed by atoms with Crippen LogP contribution < -0.4 is 15.9 Å². The van der Waals surface area contributed by atoms with Crippen molar-refractivity contribution in [3.05, 3.63) is 40.6 Å². The molecule has 164 valence electrons. The van der Waals surface area contributed by atoms with E-state index in [9.17, 15) is 34.2 Å². The molecule has 0 amide bonds. The van der Waals surface area contributed by atoms with Gasteiger partial charge in [0, 0.05) is 40.5 Å². The summed E-state index contributed by atoms with van der Waals surface area (Å²) in [4.78, 5) is 25.5. The van der Waals surface area contributed by atoms with Gasteiger partial charge in [-0.1, -0.05) is 0 Å². The third-order valence-electron chi connectivity index (χ3n) is 4.38. The molecule has 0 radical (unpaired) electrons. The van der Waals surface area contributed by atoms with Crippen molar-refractivity contribution in [1.82, 2.24) is 0 Å². The van der Waals surface area contributed by atoms with Gasteiger partial charge < -0.3 is 35.3 Å². The van der Waals surface area contributed by atoms with Crippen molar-refractivity contribution >= 4 is 27.7 Å². The number of nitrogens with two attached hydrogens (primary N) is 1. The first-order valence-corrected chi connectivity index (χ1v) is 10.6. The first-order valence-electron chi connectivity index (χ1n) is 8.91. The molecule has 1 unspecified atom stereocenters. The Hall–Kier alpha value is -3.57. The Morgan fingerprint density at radius 2 is 1.84 bits per heavy atom. The van der Waals surface area contributed by atoms with Crippen molar-refractivity contribution in [3.8, 4) is 40.1 Å². The average molecular weight is 449 g/mol. The summed E-state index contributed by atoms with van der Waals surface area (Å²) < 4.78 is 22.1. The van der Waals surface area contributed by atoms with Crippen LogP contribution in [0, 0.1) is 0 Å². The monoisotopic (exact) mass is 449 g/mol. The summed E-state index contributed by atoms with van der Waals surface area (Å²) in [6, 6.07) is 4.29. The van der Waals surface area contributed by atoms with E-state index >= 15 is 0 Å². The molecular formula is C20H19NO9S. The Morgan fingerprint density at radius 1 is 1.13 bits per heavy atom. The molecule has 0 bridgehead atoms. The van der Waals surface area contributed by atoms with Crippen LogP contribution in [0.1, 0.15) is 6.42 Å². The SMILES string of the molecule is CS(=O)CC[C@H](N)C(=O)Oc1c(-c2ccc(O)c(O)c2)oc2cc(O)cc(O)c2c1=O. The van der Waals surface area contributed by atoms with Crippen LogP contribution in [-0.4, -0.2) is 48.7 Å². The summed E-state index contributed by atoms with van der Waals surface area (Å²) in [6.45, 7) is 0. The summed E-state index contributed by atoms with van der Waals surface area (Å²) in [7, 11) is -1.19. The smallest absolute Gasteiger partial charge is 0.328 e. The molecular weight excluding hydrogens is 430 g/mol. The highest BCUT2D eigenvalue weighted by Crippen LogP contribution is 2.38. The van der Waals surface area contributed by atoms with Gasteiger partial charge in [-0.15, -0.1) is 0 Å². The lowest BCUT2D eigenvalue weighted by Gasteiger charge is -2.14. The van der Waals surface area contributed by atoms with Crippen LogP contribution in [0.4, 0.5) is 0 Å². The molecule has 0 spiro atoms. The first kappa shape index (κ1) is 22.1. The summed E-state index contributed by atoms with van der Waals surface area (Å²) in [5.41, 5.74) is 4.68. The van der Waals surface area contributed by atoms with Crippen molar-refractivity contribution in [2.24, 2.45) is 5.73 Å². The lowest BCUT2D eigenvalue weighted by molar-refractivity contribution is -0.136. The quantitative estimate of drug-likeness (QED) is 0.272.